The van der Waals surface area contributed by atoms with Gasteiger partial charge in [0.1, 0.15) is 0 Å². The van der Waals surface area contributed by atoms with Crippen molar-refractivity contribution >= 4 is 0 Å². The largest absolute Gasteiger partial charge is 0.306 e. The summed E-state index contributed by atoms with van der Waals surface area (Å²) in [5.41, 5.74) is 0. The molecule has 0 N–H and O–H groups in total. The van der Waals surface area contributed by atoms with Crippen LogP contribution in [0.4, 0.5) is 0 Å². The Morgan fingerprint density at radius 1 is 1.17 bits per heavy atom. The molecule has 1 heteroatoms. The van der Waals surface area contributed by atoms with Crippen LogP contribution in [-0.2, 0) is 0 Å². The smallest absolute Gasteiger partial charge is 0.00188 e. The fraction of sp³-hybridized carbons (Fsp3) is 0.818. The fourth-order valence-electron chi connectivity index (χ4n) is 1.25. The fourth-order valence-corrected chi connectivity index (χ4v) is 1.25. The van der Waals surface area contributed by atoms with E-state index in [1.165, 1.54) is 38.8 Å². The third-order valence-electron chi connectivity index (χ3n) is 2.09. The van der Waals surface area contributed by atoms with Crippen LogP contribution in [0, 0.1) is 0 Å². The highest BCUT2D eigenvalue weighted by Gasteiger charge is 1.95. The van der Waals surface area contributed by atoms with Gasteiger partial charge in [0.2, 0.25) is 0 Å². The predicted octanol–water partition coefficient (Wildman–Crippen LogP) is 3.07. The molecule has 0 aromatic carbocycles. The zero-order chi connectivity index (χ0) is 9.23. The molecule has 1 nitrogen and oxygen atoms in total. The van der Waals surface area contributed by atoms with Gasteiger partial charge in [0.25, 0.3) is 0 Å². The van der Waals surface area contributed by atoms with Crippen molar-refractivity contribution in [2.75, 3.05) is 20.1 Å². The van der Waals surface area contributed by atoms with E-state index in [1.807, 2.05) is 6.08 Å². The maximum Gasteiger partial charge on any atom is -0.00188 e. The van der Waals surface area contributed by atoms with E-state index in [0.29, 0.717) is 0 Å². The number of rotatable bonds is 8. The second kappa shape index (κ2) is 8.79. The zero-order valence-electron chi connectivity index (χ0n) is 8.68. The number of allylic oxidation sites excluding steroid dienone is 1. The molecule has 0 amide bonds. The van der Waals surface area contributed by atoms with Gasteiger partial charge in [0, 0.05) is 0 Å². The summed E-state index contributed by atoms with van der Waals surface area (Å²) < 4.78 is 0. The zero-order valence-corrected chi connectivity index (χ0v) is 8.68. The molecule has 0 rings (SSSR count). The first-order valence-electron chi connectivity index (χ1n) is 5.10. The first-order chi connectivity index (χ1) is 5.81. The minimum atomic E-state index is 1.15. The predicted molar refractivity (Wildman–Crippen MR) is 56.5 cm³/mol. The number of unbranched alkanes of at least 4 members (excludes halogenated alkanes) is 3. The maximum absolute atomic E-state index is 3.71. The lowest BCUT2D eigenvalue weighted by atomic mass is 10.2. The van der Waals surface area contributed by atoms with Crippen LogP contribution in [0.1, 0.15) is 39.0 Å². The van der Waals surface area contributed by atoms with Crippen LogP contribution >= 0.6 is 0 Å². The molecule has 0 heterocycles. The maximum atomic E-state index is 3.71. The average molecular weight is 169 g/mol. The van der Waals surface area contributed by atoms with Crippen molar-refractivity contribution in [2.24, 2.45) is 0 Å². The third-order valence-corrected chi connectivity index (χ3v) is 2.09. The van der Waals surface area contributed by atoms with Crippen LogP contribution < -0.4 is 0 Å². The average Bonchev–Trinajstić information content (AvgIpc) is 2.06. The Morgan fingerprint density at radius 3 is 2.42 bits per heavy atom. The summed E-state index contributed by atoms with van der Waals surface area (Å²) in [6.07, 6.45) is 8.44. The molecule has 0 bridgehead atoms. The molecule has 0 saturated carbocycles. The summed E-state index contributed by atoms with van der Waals surface area (Å²) in [6, 6.07) is 0. The SMILES string of the molecule is C=CCCCN(C)CCCCC. The van der Waals surface area contributed by atoms with Crippen molar-refractivity contribution in [3.8, 4) is 0 Å². The standard InChI is InChI=1S/C11H23N/c1-4-6-8-10-12(3)11-9-7-5-2/h4H,1,5-11H2,2-3H3. The van der Waals surface area contributed by atoms with E-state index in [9.17, 15) is 0 Å². The molecule has 0 spiro atoms. The molecule has 0 aromatic rings. The van der Waals surface area contributed by atoms with Crippen LogP contribution in [0.3, 0.4) is 0 Å². The monoisotopic (exact) mass is 169 g/mol. The van der Waals surface area contributed by atoms with Gasteiger partial charge in [-0.2, -0.15) is 0 Å². The number of hydrogen-bond donors (Lipinski definition) is 0. The van der Waals surface area contributed by atoms with E-state index in [4.69, 9.17) is 0 Å². The van der Waals surface area contributed by atoms with Gasteiger partial charge in [-0.3, -0.25) is 0 Å². The van der Waals surface area contributed by atoms with E-state index >= 15 is 0 Å². The van der Waals surface area contributed by atoms with Gasteiger partial charge in [-0.05, 0) is 39.4 Å². The van der Waals surface area contributed by atoms with Crippen LogP contribution in [0.25, 0.3) is 0 Å². The molecular formula is C11H23N. The van der Waals surface area contributed by atoms with Gasteiger partial charge < -0.3 is 4.90 Å². The van der Waals surface area contributed by atoms with E-state index in [1.54, 1.807) is 0 Å². The molecule has 0 radical (unpaired) electrons. The summed E-state index contributed by atoms with van der Waals surface area (Å²) in [4.78, 5) is 2.42. The lowest BCUT2D eigenvalue weighted by Crippen LogP contribution is -2.20. The lowest BCUT2D eigenvalue weighted by molar-refractivity contribution is 0.322. The van der Waals surface area contributed by atoms with Gasteiger partial charge in [0.15, 0.2) is 0 Å². The van der Waals surface area contributed by atoms with Crippen molar-refractivity contribution in [3.05, 3.63) is 12.7 Å². The molecule has 0 fully saturated rings. The van der Waals surface area contributed by atoms with Gasteiger partial charge in [0.05, 0.1) is 0 Å². The van der Waals surface area contributed by atoms with E-state index < -0.39 is 0 Å². The number of hydrogen-bond acceptors (Lipinski definition) is 1. The molecule has 0 aliphatic heterocycles. The van der Waals surface area contributed by atoms with Crippen LogP contribution in [0.15, 0.2) is 12.7 Å². The minimum Gasteiger partial charge on any atom is -0.306 e. The Kier molecular flexibility index (Phi) is 8.57. The van der Waals surface area contributed by atoms with Crippen LogP contribution in [0.2, 0.25) is 0 Å². The number of nitrogens with zero attached hydrogens (tertiary/aromatic N) is 1. The Labute approximate surface area is 77.5 Å². The quantitative estimate of drug-likeness (QED) is 0.399. The Hall–Kier alpha value is -0.300. The molecule has 0 aromatic heterocycles. The van der Waals surface area contributed by atoms with Crippen LogP contribution in [-0.4, -0.2) is 25.0 Å². The molecule has 0 aliphatic rings. The van der Waals surface area contributed by atoms with Crippen LogP contribution in [0.5, 0.6) is 0 Å². The molecule has 72 valence electrons. The Bertz CT molecular complexity index is 99.2. The Balaban J connectivity index is 3.09. The lowest BCUT2D eigenvalue weighted by Gasteiger charge is -2.15. The van der Waals surface area contributed by atoms with Gasteiger partial charge in [-0.1, -0.05) is 25.8 Å². The van der Waals surface area contributed by atoms with E-state index in [2.05, 4.69) is 25.5 Å². The third kappa shape index (κ3) is 7.80. The van der Waals surface area contributed by atoms with Crippen molar-refractivity contribution in [2.45, 2.75) is 39.0 Å². The van der Waals surface area contributed by atoms with Gasteiger partial charge in [-0.15, -0.1) is 6.58 Å². The summed E-state index contributed by atoms with van der Waals surface area (Å²) in [7, 11) is 2.21. The summed E-state index contributed by atoms with van der Waals surface area (Å²) in [6.45, 7) is 8.44. The van der Waals surface area contributed by atoms with Gasteiger partial charge >= 0.3 is 0 Å². The second-order valence-corrected chi connectivity index (χ2v) is 3.44. The Morgan fingerprint density at radius 2 is 1.83 bits per heavy atom. The van der Waals surface area contributed by atoms with Crippen molar-refractivity contribution < 1.29 is 0 Å². The molecule has 0 unspecified atom stereocenters. The van der Waals surface area contributed by atoms with Crippen molar-refractivity contribution in [1.82, 2.24) is 4.90 Å². The summed E-state index contributed by atoms with van der Waals surface area (Å²) in [5.74, 6) is 0. The highest BCUT2D eigenvalue weighted by atomic mass is 15.1. The summed E-state index contributed by atoms with van der Waals surface area (Å²) >= 11 is 0. The minimum absolute atomic E-state index is 1.15. The molecule has 12 heavy (non-hydrogen) atoms. The molecular weight excluding hydrogens is 146 g/mol. The van der Waals surface area contributed by atoms with Gasteiger partial charge in [-0.25, -0.2) is 0 Å². The van der Waals surface area contributed by atoms with Crippen molar-refractivity contribution in [3.63, 3.8) is 0 Å². The first-order valence-corrected chi connectivity index (χ1v) is 5.10. The molecule has 0 aliphatic carbocycles. The molecule has 0 atom stereocenters. The van der Waals surface area contributed by atoms with E-state index in [-0.39, 0.29) is 0 Å². The second-order valence-electron chi connectivity index (χ2n) is 3.44. The first kappa shape index (κ1) is 11.7. The normalized spacial score (nSPS) is 10.6. The topological polar surface area (TPSA) is 3.24 Å². The summed E-state index contributed by atoms with van der Waals surface area (Å²) in [5, 5.41) is 0. The highest BCUT2D eigenvalue weighted by Crippen LogP contribution is 1.98. The highest BCUT2D eigenvalue weighted by molar-refractivity contribution is 4.66. The van der Waals surface area contributed by atoms with E-state index in [0.717, 1.165) is 6.42 Å². The van der Waals surface area contributed by atoms with Crippen molar-refractivity contribution in [1.29, 1.82) is 0 Å². The molecule has 0 saturated heterocycles.